The Hall–Kier alpha value is -1.26. The fraction of sp³-hybridized carbons (Fsp3) is 0.562. The Morgan fingerprint density at radius 3 is 2.86 bits per heavy atom. The van der Waals surface area contributed by atoms with Crippen molar-refractivity contribution in [1.29, 1.82) is 0 Å². The zero-order valence-electron chi connectivity index (χ0n) is 12.6. The summed E-state index contributed by atoms with van der Waals surface area (Å²) in [4.78, 5) is 14.5. The number of halogens is 1. The lowest BCUT2D eigenvalue weighted by Gasteiger charge is -2.30. The van der Waals surface area contributed by atoms with E-state index in [1.165, 1.54) is 25.9 Å². The van der Waals surface area contributed by atoms with Gasteiger partial charge in [-0.1, -0.05) is 18.5 Å². The van der Waals surface area contributed by atoms with Gasteiger partial charge >= 0.3 is 0 Å². The van der Waals surface area contributed by atoms with Crippen LogP contribution in [0.3, 0.4) is 0 Å². The van der Waals surface area contributed by atoms with Crippen LogP contribution in [0, 0.1) is 5.92 Å². The predicted molar refractivity (Wildman–Crippen MR) is 87.7 cm³/mol. The van der Waals surface area contributed by atoms with Crippen molar-refractivity contribution in [3.8, 4) is 0 Å². The van der Waals surface area contributed by atoms with Crippen molar-refractivity contribution in [3.05, 3.63) is 28.8 Å². The molecule has 1 heterocycles. The SMILES string of the molecule is CC1CCN(CCCNC(=O)c2cc(Cl)ccc2N)CC1. The molecule has 1 aliphatic heterocycles. The Morgan fingerprint density at radius 1 is 1.43 bits per heavy atom. The van der Waals surface area contributed by atoms with E-state index in [1.807, 2.05) is 0 Å². The molecule has 1 aliphatic rings. The third kappa shape index (κ3) is 4.90. The first kappa shape index (κ1) is 16.1. The number of piperidine rings is 1. The van der Waals surface area contributed by atoms with E-state index in [2.05, 4.69) is 17.1 Å². The molecule has 0 saturated carbocycles. The first-order valence-corrected chi connectivity index (χ1v) is 7.99. The average Bonchev–Trinajstić information content (AvgIpc) is 2.47. The van der Waals surface area contributed by atoms with Crippen molar-refractivity contribution in [2.75, 3.05) is 31.9 Å². The van der Waals surface area contributed by atoms with Gasteiger partial charge in [-0.2, -0.15) is 0 Å². The fourth-order valence-electron chi connectivity index (χ4n) is 2.61. The van der Waals surface area contributed by atoms with Gasteiger partial charge in [-0.3, -0.25) is 4.79 Å². The lowest BCUT2D eigenvalue weighted by Crippen LogP contribution is -2.35. The van der Waals surface area contributed by atoms with Gasteiger partial charge in [0.25, 0.3) is 5.91 Å². The topological polar surface area (TPSA) is 58.4 Å². The number of carbonyl (C=O) groups excluding carboxylic acids is 1. The smallest absolute Gasteiger partial charge is 0.253 e. The fourth-order valence-corrected chi connectivity index (χ4v) is 2.78. The van der Waals surface area contributed by atoms with E-state index in [1.54, 1.807) is 18.2 Å². The summed E-state index contributed by atoms with van der Waals surface area (Å²) in [7, 11) is 0. The number of nitrogen functional groups attached to an aromatic ring is 1. The number of nitrogens with two attached hydrogens (primary N) is 1. The highest BCUT2D eigenvalue weighted by molar-refractivity contribution is 6.31. The lowest BCUT2D eigenvalue weighted by atomic mass is 9.99. The Labute approximate surface area is 131 Å². The molecule has 5 heteroatoms. The molecule has 0 aliphatic carbocycles. The quantitative estimate of drug-likeness (QED) is 0.649. The summed E-state index contributed by atoms with van der Waals surface area (Å²) in [6.45, 7) is 6.37. The van der Waals surface area contributed by atoms with Crippen LogP contribution in [-0.2, 0) is 0 Å². The van der Waals surface area contributed by atoms with Crippen LogP contribution in [-0.4, -0.2) is 37.0 Å². The van der Waals surface area contributed by atoms with Crippen LogP contribution >= 0.6 is 11.6 Å². The minimum atomic E-state index is -0.151. The molecule has 0 aromatic heterocycles. The average molecular weight is 310 g/mol. The molecular formula is C16H24ClN3O. The summed E-state index contributed by atoms with van der Waals surface area (Å²) in [6.07, 6.45) is 3.53. The number of hydrogen-bond donors (Lipinski definition) is 2. The molecule has 1 amide bonds. The van der Waals surface area contributed by atoms with Crippen LogP contribution in [0.25, 0.3) is 0 Å². The minimum absolute atomic E-state index is 0.151. The van der Waals surface area contributed by atoms with E-state index in [0.717, 1.165) is 18.9 Å². The molecule has 116 valence electrons. The van der Waals surface area contributed by atoms with Crippen LogP contribution in [0.4, 0.5) is 5.69 Å². The van der Waals surface area contributed by atoms with Crippen LogP contribution in [0.2, 0.25) is 5.02 Å². The predicted octanol–water partition coefficient (Wildman–Crippen LogP) is 2.77. The van der Waals surface area contributed by atoms with Crippen LogP contribution in [0.15, 0.2) is 18.2 Å². The maximum Gasteiger partial charge on any atom is 0.253 e. The number of amides is 1. The molecule has 0 radical (unpaired) electrons. The number of anilines is 1. The van der Waals surface area contributed by atoms with Gasteiger partial charge in [0, 0.05) is 17.3 Å². The summed E-state index contributed by atoms with van der Waals surface area (Å²) < 4.78 is 0. The first-order chi connectivity index (χ1) is 10.1. The van der Waals surface area contributed by atoms with Crippen LogP contribution in [0.1, 0.15) is 36.5 Å². The monoisotopic (exact) mass is 309 g/mol. The van der Waals surface area contributed by atoms with Gasteiger partial charge in [0.2, 0.25) is 0 Å². The second-order valence-electron chi connectivity index (χ2n) is 5.87. The van der Waals surface area contributed by atoms with Crippen molar-refractivity contribution in [1.82, 2.24) is 10.2 Å². The third-order valence-electron chi connectivity index (χ3n) is 4.07. The van der Waals surface area contributed by atoms with E-state index in [4.69, 9.17) is 17.3 Å². The second-order valence-corrected chi connectivity index (χ2v) is 6.30. The van der Waals surface area contributed by atoms with Gasteiger partial charge in [-0.25, -0.2) is 0 Å². The molecule has 1 aromatic carbocycles. The zero-order chi connectivity index (χ0) is 15.2. The number of benzene rings is 1. The van der Waals surface area contributed by atoms with Gasteiger partial charge in [-0.05, 0) is 63.0 Å². The van der Waals surface area contributed by atoms with E-state index >= 15 is 0 Å². The largest absolute Gasteiger partial charge is 0.398 e. The Balaban J connectivity index is 1.71. The maximum atomic E-state index is 12.0. The Bertz CT molecular complexity index is 484. The molecule has 1 aromatic rings. The molecule has 0 unspecified atom stereocenters. The number of likely N-dealkylation sites (tertiary alicyclic amines) is 1. The number of hydrogen-bond acceptors (Lipinski definition) is 3. The molecule has 4 nitrogen and oxygen atoms in total. The summed E-state index contributed by atoms with van der Waals surface area (Å²) in [5, 5.41) is 3.44. The summed E-state index contributed by atoms with van der Waals surface area (Å²) in [6, 6.07) is 4.95. The standard InChI is InChI=1S/C16H24ClN3O/c1-12-5-9-20(10-6-12)8-2-7-19-16(21)14-11-13(17)3-4-15(14)18/h3-4,11-12H,2,5-10,18H2,1H3,(H,19,21). The molecule has 3 N–H and O–H groups in total. The highest BCUT2D eigenvalue weighted by Gasteiger charge is 2.15. The summed E-state index contributed by atoms with van der Waals surface area (Å²) >= 11 is 5.89. The first-order valence-electron chi connectivity index (χ1n) is 7.62. The lowest BCUT2D eigenvalue weighted by molar-refractivity contribution is 0.0951. The van der Waals surface area contributed by atoms with E-state index in [0.29, 0.717) is 22.8 Å². The number of nitrogens with zero attached hydrogens (tertiary/aromatic N) is 1. The second kappa shape index (κ2) is 7.66. The number of nitrogens with one attached hydrogen (secondary N) is 1. The van der Waals surface area contributed by atoms with Gasteiger partial charge in [-0.15, -0.1) is 0 Å². The van der Waals surface area contributed by atoms with E-state index in [9.17, 15) is 4.79 Å². The molecule has 0 spiro atoms. The van der Waals surface area contributed by atoms with E-state index < -0.39 is 0 Å². The van der Waals surface area contributed by atoms with Crippen LogP contribution < -0.4 is 11.1 Å². The summed E-state index contributed by atoms with van der Waals surface area (Å²) in [5.74, 6) is 0.703. The minimum Gasteiger partial charge on any atom is -0.398 e. The molecule has 0 atom stereocenters. The molecule has 1 fully saturated rings. The van der Waals surface area contributed by atoms with Gasteiger partial charge in [0.1, 0.15) is 0 Å². The Morgan fingerprint density at radius 2 is 2.14 bits per heavy atom. The van der Waals surface area contributed by atoms with Crippen molar-refractivity contribution in [2.45, 2.75) is 26.2 Å². The van der Waals surface area contributed by atoms with Gasteiger partial charge in [0.05, 0.1) is 5.56 Å². The normalized spacial score (nSPS) is 16.9. The van der Waals surface area contributed by atoms with Crippen molar-refractivity contribution >= 4 is 23.2 Å². The Kier molecular flexibility index (Phi) is 5.88. The highest BCUT2D eigenvalue weighted by Crippen LogP contribution is 2.18. The van der Waals surface area contributed by atoms with Crippen molar-refractivity contribution < 1.29 is 4.79 Å². The molecular weight excluding hydrogens is 286 g/mol. The third-order valence-corrected chi connectivity index (χ3v) is 4.31. The highest BCUT2D eigenvalue weighted by atomic mass is 35.5. The van der Waals surface area contributed by atoms with Crippen molar-refractivity contribution in [3.63, 3.8) is 0 Å². The number of carbonyl (C=O) groups is 1. The molecule has 1 saturated heterocycles. The summed E-state index contributed by atoms with van der Waals surface area (Å²) in [5.41, 5.74) is 6.71. The van der Waals surface area contributed by atoms with Crippen molar-refractivity contribution in [2.24, 2.45) is 5.92 Å². The van der Waals surface area contributed by atoms with Crippen LogP contribution in [0.5, 0.6) is 0 Å². The number of rotatable bonds is 5. The van der Waals surface area contributed by atoms with Gasteiger partial charge in [0.15, 0.2) is 0 Å². The van der Waals surface area contributed by atoms with E-state index in [-0.39, 0.29) is 5.91 Å². The van der Waals surface area contributed by atoms with Gasteiger partial charge < -0.3 is 16.0 Å². The zero-order valence-corrected chi connectivity index (χ0v) is 13.3. The molecule has 0 bridgehead atoms. The molecule has 21 heavy (non-hydrogen) atoms. The maximum absolute atomic E-state index is 12.0. The molecule has 2 rings (SSSR count).